The Morgan fingerprint density at radius 2 is 1.67 bits per heavy atom. The number of rotatable bonds is 5. The maximum Gasteiger partial charge on any atom is 0.257 e. The van der Waals surface area contributed by atoms with Crippen molar-refractivity contribution in [2.75, 3.05) is 22.9 Å². The number of aliphatic imine (C=N–C) groups is 1. The second-order valence-corrected chi connectivity index (χ2v) is 10.0. The van der Waals surface area contributed by atoms with E-state index in [4.69, 9.17) is 16.6 Å². The highest BCUT2D eigenvalue weighted by molar-refractivity contribution is 8.13. The number of allylic oxidation sites excluding steroid dienone is 1. The van der Waals surface area contributed by atoms with Gasteiger partial charge in [-0.15, -0.1) is 0 Å². The van der Waals surface area contributed by atoms with Crippen LogP contribution in [0.3, 0.4) is 0 Å². The van der Waals surface area contributed by atoms with E-state index in [0.29, 0.717) is 27.5 Å². The lowest BCUT2D eigenvalue weighted by Gasteiger charge is -2.41. The molecule has 0 radical (unpaired) electrons. The average molecular weight is 517 g/mol. The molecule has 0 aliphatic carbocycles. The molecule has 8 heteroatoms. The van der Waals surface area contributed by atoms with E-state index in [1.54, 1.807) is 36.0 Å². The summed E-state index contributed by atoms with van der Waals surface area (Å²) in [6.07, 6.45) is 0.996. The van der Waals surface area contributed by atoms with Crippen molar-refractivity contribution in [1.29, 1.82) is 0 Å². The number of carbonyl (C=O) groups excluding carboxylic acids is 2. The number of anilines is 2. The molecule has 2 heterocycles. The first kappa shape index (κ1) is 24.2. The van der Waals surface area contributed by atoms with Gasteiger partial charge in [-0.2, -0.15) is 0 Å². The summed E-state index contributed by atoms with van der Waals surface area (Å²) in [5.74, 6) is 0.521. The van der Waals surface area contributed by atoms with Crippen molar-refractivity contribution in [3.05, 3.63) is 106 Å². The summed E-state index contributed by atoms with van der Waals surface area (Å²) in [5, 5.41) is 7.29. The van der Waals surface area contributed by atoms with Gasteiger partial charge in [0.2, 0.25) is 0 Å². The van der Waals surface area contributed by atoms with E-state index in [2.05, 4.69) is 15.5 Å². The van der Waals surface area contributed by atoms with Crippen LogP contribution in [0.2, 0.25) is 5.02 Å². The standard InChI is InChI=1S/C28H25ClN4O2S/c1-18-24(27(35)31-20-10-3-2-4-11-20)25(33-15-8-16-36-28(33)30-18)19-9-7-12-21(17-19)32-26(34)22-13-5-6-14-23(22)29/h2-7,9-14,17,25H,8,15-16H2,1H3,(H,31,35)(H,32,34). The number of hydrogen-bond acceptors (Lipinski definition) is 5. The highest BCUT2D eigenvalue weighted by Crippen LogP contribution is 2.40. The molecule has 2 amide bonds. The van der Waals surface area contributed by atoms with Crippen LogP contribution < -0.4 is 10.6 Å². The zero-order chi connectivity index (χ0) is 25.1. The SMILES string of the molecule is CC1=C(C(=O)Nc2ccccc2)C(c2cccc(NC(=O)c3ccccc3Cl)c2)N2CCCSC2=N1. The number of thioether (sulfide) groups is 1. The number of fused-ring (bicyclic) bond motifs is 1. The van der Waals surface area contributed by atoms with Crippen molar-refractivity contribution < 1.29 is 9.59 Å². The van der Waals surface area contributed by atoms with Crippen LogP contribution in [-0.4, -0.2) is 34.2 Å². The number of nitrogens with zero attached hydrogens (tertiary/aromatic N) is 2. The van der Waals surface area contributed by atoms with Gasteiger partial charge in [-0.3, -0.25) is 9.59 Å². The van der Waals surface area contributed by atoms with Gasteiger partial charge < -0.3 is 15.5 Å². The summed E-state index contributed by atoms with van der Waals surface area (Å²) in [6, 6.07) is 23.7. The number of amidine groups is 1. The van der Waals surface area contributed by atoms with Crippen LogP contribution in [0.4, 0.5) is 11.4 Å². The lowest BCUT2D eigenvalue weighted by atomic mass is 9.93. The van der Waals surface area contributed by atoms with E-state index in [1.807, 2.05) is 61.5 Å². The first-order chi connectivity index (χ1) is 17.5. The number of nitrogens with one attached hydrogen (secondary N) is 2. The molecule has 5 rings (SSSR count). The summed E-state index contributed by atoms with van der Waals surface area (Å²) in [5.41, 5.74) is 3.96. The molecule has 0 bridgehead atoms. The Morgan fingerprint density at radius 3 is 2.47 bits per heavy atom. The quantitative estimate of drug-likeness (QED) is 0.414. The van der Waals surface area contributed by atoms with Gasteiger partial charge in [0.25, 0.3) is 11.8 Å². The zero-order valence-electron chi connectivity index (χ0n) is 19.7. The van der Waals surface area contributed by atoms with E-state index >= 15 is 0 Å². The fourth-order valence-electron chi connectivity index (χ4n) is 4.46. The third-order valence-electron chi connectivity index (χ3n) is 6.11. The predicted molar refractivity (Wildman–Crippen MR) is 148 cm³/mol. The number of benzene rings is 3. The lowest BCUT2D eigenvalue weighted by molar-refractivity contribution is -0.113. The fourth-order valence-corrected chi connectivity index (χ4v) is 5.70. The second-order valence-electron chi connectivity index (χ2n) is 8.57. The summed E-state index contributed by atoms with van der Waals surface area (Å²) in [4.78, 5) is 33.4. The summed E-state index contributed by atoms with van der Waals surface area (Å²) >= 11 is 7.92. The smallest absolute Gasteiger partial charge is 0.257 e. The van der Waals surface area contributed by atoms with Gasteiger partial charge in [-0.25, -0.2) is 4.99 Å². The van der Waals surface area contributed by atoms with Crippen LogP contribution in [0.1, 0.15) is 35.3 Å². The Balaban J connectivity index is 1.49. The first-order valence-electron chi connectivity index (χ1n) is 11.7. The fraction of sp³-hybridized carbons (Fsp3) is 0.179. The Bertz CT molecular complexity index is 1370. The number of halogens is 1. The van der Waals surface area contributed by atoms with Gasteiger partial charge in [0.15, 0.2) is 5.17 Å². The van der Waals surface area contributed by atoms with Crippen LogP contribution >= 0.6 is 23.4 Å². The molecule has 1 atom stereocenters. The highest BCUT2D eigenvalue weighted by atomic mass is 35.5. The van der Waals surface area contributed by atoms with Crippen LogP contribution in [0.5, 0.6) is 0 Å². The largest absolute Gasteiger partial charge is 0.340 e. The molecule has 0 aromatic heterocycles. The molecule has 1 unspecified atom stereocenters. The maximum absolute atomic E-state index is 13.6. The lowest BCUT2D eigenvalue weighted by Crippen LogP contribution is -2.43. The van der Waals surface area contributed by atoms with E-state index in [-0.39, 0.29) is 17.9 Å². The number of para-hydroxylation sites is 1. The third kappa shape index (κ3) is 5.03. The van der Waals surface area contributed by atoms with Crippen molar-refractivity contribution in [2.45, 2.75) is 19.4 Å². The molecule has 0 saturated carbocycles. The van der Waals surface area contributed by atoms with E-state index < -0.39 is 0 Å². The van der Waals surface area contributed by atoms with Crippen molar-refractivity contribution in [1.82, 2.24) is 4.90 Å². The molecule has 3 aromatic carbocycles. The predicted octanol–water partition coefficient (Wildman–Crippen LogP) is 6.35. The van der Waals surface area contributed by atoms with Gasteiger partial charge in [0.1, 0.15) is 0 Å². The van der Waals surface area contributed by atoms with Gasteiger partial charge in [-0.05, 0) is 55.3 Å². The molecule has 182 valence electrons. The summed E-state index contributed by atoms with van der Waals surface area (Å²) < 4.78 is 0. The number of hydrogen-bond donors (Lipinski definition) is 2. The van der Waals surface area contributed by atoms with E-state index in [1.165, 1.54) is 0 Å². The zero-order valence-corrected chi connectivity index (χ0v) is 21.3. The third-order valence-corrected chi connectivity index (χ3v) is 7.52. The van der Waals surface area contributed by atoms with Gasteiger partial charge >= 0.3 is 0 Å². The molecule has 6 nitrogen and oxygen atoms in total. The second kappa shape index (κ2) is 10.6. The minimum absolute atomic E-state index is 0.187. The molecule has 36 heavy (non-hydrogen) atoms. The number of carbonyl (C=O) groups is 2. The van der Waals surface area contributed by atoms with E-state index in [9.17, 15) is 9.59 Å². The molecular formula is C28H25ClN4O2S. The maximum atomic E-state index is 13.6. The Kier molecular flexibility index (Phi) is 7.11. The Hall–Kier alpha value is -3.55. The van der Waals surface area contributed by atoms with E-state index in [0.717, 1.165) is 35.1 Å². The van der Waals surface area contributed by atoms with Crippen LogP contribution in [-0.2, 0) is 4.79 Å². The topological polar surface area (TPSA) is 73.8 Å². The minimum Gasteiger partial charge on any atom is -0.340 e. The molecule has 0 spiro atoms. The normalized spacial score (nSPS) is 17.2. The van der Waals surface area contributed by atoms with Crippen LogP contribution in [0, 0.1) is 0 Å². The van der Waals surface area contributed by atoms with Gasteiger partial charge in [0, 0.05) is 23.7 Å². The minimum atomic E-state index is -0.328. The first-order valence-corrected chi connectivity index (χ1v) is 13.1. The molecule has 2 aliphatic rings. The van der Waals surface area contributed by atoms with Crippen molar-refractivity contribution >= 4 is 51.7 Å². The molecule has 1 fully saturated rings. The molecule has 1 saturated heterocycles. The van der Waals surface area contributed by atoms with Crippen LogP contribution in [0.25, 0.3) is 0 Å². The van der Waals surface area contributed by atoms with Gasteiger partial charge in [-0.1, -0.05) is 65.8 Å². The monoisotopic (exact) mass is 516 g/mol. The molecule has 2 aliphatic heterocycles. The Labute approximate surface area is 219 Å². The van der Waals surface area contributed by atoms with Crippen molar-refractivity contribution in [3.63, 3.8) is 0 Å². The average Bonchev–Trinajstić information content (AvgIpc) is 2.88. The Morgan fingerprint density at radius 1 is 0.944 bits per heavy atom. The number of amides is 2. The molecular weight excluding hydrogens is 492 g/mol. The molecule has 2 N–H and O–H groups in total. The molecule has 3 aromatic rings. The van der Waals surface area contributed by atoms with Gasteiger partial charge in [0.05, 0.1) is 27.9 Å². The summed E-state index contributed by atoms with van der Waals surface area (Å²) in [6.45, 7) is 2.68. The van der Waals surface area contributed by atoms with Crippen molar-refractivity contribution in [2.24, 2.45) is 4.99 Å². The summed E-state index contributed by atoms with van der Waals surface area (Å²) in [7, 11) is 0. The highest BCUT2D eigenvalue weighted by Gasteiger charge is 2.37. The van der Waals surface area contributed by atoms with Crippen LogP contribution in [0.15, 0.2) is 95.1 Å². The van der Waals surface area contributed by atoms with Crippen molar-refractivity contribution in [3.8, 4) is 0 Å².